The molecule has 2 aliphatic rings. The number of benzene rings is 2. The number of hydrogen-bond acceptors (Lipinski definition) is 4. The van der Waals surface area contributed by atoms with Crippen LogP contribution in [0.2, 0.25) is 0 Å². The molecule has 8 heteroatoms. The standard InChI is InChI=1S/C25H29N3O4.ClH/c1-15(2)22(23(26)29)27-24(30)21-12-7-13-28(21)25(31)32-14-20-18-10-5-3-8-16(18)17-9-4-6-11-19(17)20;/h3-6,8-11,15,20-22H,7,12-14H2,1-2H3,(H2,26,29)(H,27,30);1H/t21-,22-;/m0./s1. The van der Waals surface area contributed by atoms with Crippen LogP contribution in [-0.4, -0.2) is 48.0 Å². The van der Waals surface area contributed by atoms with Crippen molar-refractivity contribution in [1.29, 1.82) is 0 Å². The Kier molecular flexibility index (Phi) is 7.64. The highest BCUT2D eigenvalue weighted by molar-refractivity contribution is 5.91. The maximum Gasteiger partial charge on any atom is 0.410 e. The number of ether oxygens (including phenoxy) is 1. The van der Waals surface area contributed by atoms with E-state index in [2.05, 4.69) is 29.6 Å². The molecule has 0 unspecified atom stereocenters. The highest BCUT2D eigenvalue weighted by Crippen LogP contribution is 2.44. The zero-order valence-corrected chi connectivity index (χ0v) is 19.6. The van der Waals surface area contributed by atoms with Gasteiger partial charge in [-0.1, -0.05) is 62.4 Å². The van der Waals surface area contributed by atoms with Crippen molar-refractivity contribution in [3.8, 4) is 11.1 Å². The maximum absolute atomic E-state index is 12.9. The number of nitrogens with two attached hydrogens (primary N) is 1. The topological polar surface area (TPSA) is 102 Å². The molecule has 1 aliphatic heterocycles. The van der Waals surface area contributed by atoms with Gasteiger partial charge in [-0.15, -0.1) is 12.4 Å². The Bertz CT molecular complexity index is 996. The third kappa shape index (κ3) is 4.83. The SMILES string of the molecule is CC(C)[C@H](NC(=O)[C@@H]1CCCN1C(=O)OCC1c2ccccc2-c2ccccc21)C(N)=O.Cl. The average Bonchev–Trinajstić information content (AvgIpc) is 3.39. The number of hydrogen-bond donors (Lipinski definition) is 2. The lowest BCUT2D eigenvalue weighted by atomic mass is 9.98. The van der Waals surface area contributed by atoms with Gasteiger partial charge in [0.25, 0.3) is 0 Å². The number of rotatable bonds is 6. The van der Waals surface area contributed by atoms with Gasteiger partial charge in [0, 0.05) is 12.5 Å². The van der Waals surface area contributed by atoms with Gasteiger partial charge in [-0.25, -0.2) is 4.79 Å². The van der Waals surface area contributed by atoms with Crippen LogP contribution in [0.1, 0.15) is 43.7 Å². The minimum atomic E-state index is -0.771. The van der Waals surface area contributed by atoms with Gasteiger partial charge in [-0.2, -0.15) is 0 Å². The van der Waals surface area contributed by atoms with Crippen molar-refractivity contribution in [1.82, 2.24) is 10.2 Å². The minimum Gasteiger partial charge on any atom is -0.448 e. The van der Waals surface area contributed by atoms with Gasteiger partial charge in [0.1, 0.15) is 18.7 Å². The van der Waals surface area contributed by atoms with E-state index in [0.29, 0.717) is 19.4 Å². The van der Waals surface area contributed by atoms with Gasteiger partial charge in [-0.05, 0) is 41.0 Å². The Hall–Kier alpha value is -3.06. The zero-order chi connectivity index (χ0) is 22.8. The maximum atomic E-state index is 12.9. The van der Waals surface area contributed by atoms with Gasteiger partial charge in [0.2, 0.25) is 11.8 Å². The molecular weight excluding hydrogens is 442 g/mol. The largest absolute Gasteiger partial charge is 0.448 e. The summed E-state index contributed by atoms with van der Waals surface area (Å²) in [6.07, 6.45) is 0.717. The van der Waals surface area contributed by atoms with Crippen molar-refractivity contribution < 1.29 is 19.1 Å². The second-order valence-electron chi connectivity index (χ2n) is 8.79. The number of fused-ring (bicyclic) bond motifs is 3. The van der Waals surface area contributed by atoms with Crippen LogP contribution in [0, 0.1) is 5.92 Å². The van der Waals surface area contributed by atoms with Crippen molar-refractivity contribution in [3.05, 3.63) is 59.7 Å². The summed E-state index contributed by atoms with van der Waals surface area (Å²) < 4.78 is 5.72. The highest BCUT2D eigenvalue weighted by Gasteiger charge is 2.38. The number of carbonyl (C=O) groups is 3. The van der Waals surface area contributed by atoms with Crippen LogP contribution >= 0.6 is 12.4 Å². The number of nitrogens with zero attached hydrogens (tertiary/aromatic N) is 1. The molecule has 7 nitrogen and oxygen atoms in total. The van der Waals surface area contributed by atoms with E-state index in [0.717, 1.165) is 22.3 Å². The molecule has 1 heterocycles. The van der Waals surface area contributed by atoms with Crippen molar-refractivity contribution in [3.63, 3.8) is 0 Å². The number of primary amides is 1. The highest BCUT2D eigenvalue weighted by atomic mass is 35.5. The summed E-state index contributed by atoms with van der Waals surface area (Å²) in [6, 6.07) is 14.9. The first-order chi connectivity index (χ1) is 15.4. The Morgan fingerprint density at radius 3 is 2.18 bits per heavy atom. The number of amides is 3. The average molecular weight is 472 g/mol. The lowest BCUT2D eigenvalue weighted by Gasteiger charge is -2.27. The van der Waals surface area contributed by atoms with Crippen LogP contribution in [0.4, 0.5) is 4.79 Å². The van der Waals surface area contributed by atoms with Crippen LogP contribution in [0.25, 0.3) is 11.1 Å². The summed E-state index contributed by atoms with van der Waals surface area (Å²) in [4.78, 5) is 38.8. The molecule has 1 saturated heterocycles. The molecule has 0 saturated carbocycles. The first-order valence-corrected chi connectivity index (χ1v) is 11.1. The molecule has 4 rings (SSSR count). The van der Waals surface area contributed by atoms with Crippen LogP contribution in [-0.2, 0) is 14.3 Å². The van der Waals surface area contributed by atoms with Gasteiger partial charge in [-0.3, -0.25) is 14.5 Å². The summed E-state index contributed by atoms with van der Waals surface area (Å²) in [5.74, 6) is -1.13. The first-order valence-electron chi connectivity index (χ1n) is 11.1. The second-order valence-corrected chi connectivity index (χ2v) is 8.79. The van der Waals surface area contributed by atoms with E-state index in [4.69, 9.17) is 10.5 Å². The number of halogens is 1. The van der Waals surface area contributed by atoms with E-state index in [1.165, 1.54) is 4.90 Å². The molecule has 0 radical (unpaired) electrons. The van der Waals surface area contributed by atoms with E-state index in [1.54, 1.807) is 0 Å². The molecule has 2 aromatic carbocycles. The van der Waals surface area contributed by atoms with E-state index >= 15 is 0 Å². The number of nitrogens with one attached hydrogen (secondary N) is 1. The fourth-order valence-electron chi connectivity index (χ4n) is 4.75. The number of carbonyl (C=O) groups excluding carboxylic acids is 3. The van der Waals surface area contributed by atoms with Crippen molar-refractivity contribution >= 4 is 30.3 Å². The zero-order valence-electron chi connectivity index (χ0n) is 18.8. The molecule has 3 amide bonds. The summed E-state index contributed by atoms with van der Waals surface area (Å²) in [5.41, 5.74) is 10.0. The molecule has 1 fully saturated rings. The van der Waals surface area contributed by atoms with E-state index in [1.807, 2.05) is 38.1 Å². The molecule has 2 atom stereocenters. The van der Waals surface area contributed by atoms with Crippen molar-refractivity contribution in [2.75, 3.05) is 13.2 Å². The Balaban J connectivity index is 0.00000306. The van der Waals surface area contributed by atoms with Crippen LogP contribution in [0.3, 0.4) is 0 Å². The van der Waals surface area contributed by atoms with E-state index < -0.39 is 24.1 Å². The quantitative estimate of drug-likeness (QED) is 0.673. The predicted molar refractivity (Wildman–Crippen MR) is 128 cm³/mol. The molecular formula is C25H30ClN3O4. The molecule has 33 heavy (non-hydrogen) atoms. The predicted octanol–water partition coefficient (Wildman–Crippen LogP) is 3.45. The summed E-state index contributed by atoms with van der Waals surface area (Å²) in [5, 5.41) is 2.70. The molecule has 3 N–H and O–H groups in total. The molecule has 0 spiro atoms. The lowest BCUT2D eigenvalue weighted by Crippen LogP contribution is -2.54. The molecule has 0 bridgehead atoms. The smallest absolute Gasteiger partial charge is 0.410 e. The summed E-state index contributed by atoms with van der Waals surface area (Å²) >= 11 is 0. The molecule has 1 aliphatic carbocycles. The third-order valence-electron chi connectivity index (χ3n) is 6.40. The fraction of sp³-hybridized carbons (Fsp3) is 0.400. The monoisotopic (exact) mass is 471 g/mol. The van der Waals surface area contributed by atoms with Gasteiger partial charge in [0.15, 0.2) is 0 Å². The van der Waals surface area contributed by atoms with Gasteiger partial charge in [0.05, 0.1) is 0 Å². The molecule has 2 aromatic rings. The lowest BCUT2D eigenvalue weighted by molar-refractivity contribution is -0.130. The fourth-order valence-corrected chi connectivity index (χ4v) is 4.75. The number of likely N-dealkylation sites (tertiary alicyclic amines) is 1. The van der Waals surface area contributed by atoms with E-state index in [-0.39, 0.29) is 36.8 Å². The summed E-state index contributed by atoms with van der Waals surface area (Å²) in [6.45, 7) is 4.27. The Morgan fingerprint density at radius 1 is 1.06 bits per heavy atom. The molecule has 176 valence electrons. The third-order valence-corrected chi connectivity index (χ3v) is 6.40. The molecule has 0 aromatic heterocycles. The van der Waals surface area contributed by atoms with Gasteiger partial charge < -0.3 is 15.8 Å². The van der Waals surface area contributed by atoms with Crippen molar-refractivity contribution in [2.45, 2.75) is 44.7 Å². The minimum absolute atomic E-state index is 0. The van der Waals surface area contributed by atoms with Crippen LogP contribution < -0.4 is 11.1 Å². The Labute approximate surface area is 200 Å². The van der Waals surface area contributed by atoms with Gasteiger partial charge >= 0.3 is 6.09 Å². The van der Waals surface area contributed by atoms with E-state index in [9.17, 15) is 14.4 Å². The Morgan fingerprint density at radius 2 is 1.64 bits per heavy atom. The normalized spacial score (nSPS) is 17.7. The second kappa shape index (κ2) is 10.3. The van der Waals surface area contributed by atoms with Crippen LogP contribution in [0.5, 0.6) is 0 Å². The summed E-state index contributed by atoms with van der Waals surface area (Å²) in [7, 11) is 0. The van der Waals surface area contributed by atoms with Crippen LogP contribution in [0.15, 0.2) is 48.5 Å². The first kappa shape index (κ1) is 24.6. The van der Waals surface area contributed by atoms with Crippen molar-refractivity contribution in [2.24, 2.45) is 11.7 Å².